The second kappa shape index (κ2) is 6.12. The van der Waals surface area contributed by atoms with E-state index in [0.717, 1.165) is 6.07 Å². The molecule has 0 spiro atoms. The summed E-state index contributed by atoms with van der Waals surface area (Å²) in [5, 5.41) is 0.620. The van der Waals surface area contributed by atoms with Gasteiger partial charge in [0.05, 0.1) is 10.0 Å². The van der Waals surface area contributed by atoms with Gasteiger partial charge in [-0.2, -0.15) is 8.78 Å². The van der Waals surface area contributed by atoms with Crippen molar-refractivity contribution in [3.8, 4) is 16.9 Å². The van der Waals surface area contributed by atoms with E-state index in [4.69, 9.17) is 34.8 Å². The van der Waals surface area contributed by atoms with Crippen LogP contribution in [0.25, 0.3) is 11.1 Å². The molecule has 106 valence electrons. The monoisotopic (exact) mass is 340 g/mol. The maximum atomic E-state index is 14.0. The highest BCUT2D eigenvalue weighted by molar-refractivity contribution is 6.41. The van der Waals surface area contributed by atoms with Gasteiger partial charge in [-0.3, -0.25) is 0 Å². The van der Waals surface area contributed by atoms with Crippen molar-refractivity contribution in [2.75, 3.05) is 0 Å². The number of benzene rings is 2. The lowest BCUT2D eigenvalue weighted by Crippen LogP contribution is -2.02. The van der Waals surface area contributed by atoms with Crippen LogP contribution in [0.2, 0.25) is 15.1 Å². The average Bonchev–Trinajstić information content (AvgIpc) is 2.29. The summed E-state index contributed by atoms with van der Waals surface area (Å²) in [7, 11) is 0. The van der Waals surface area contributed by atoms with Gasteiger partial charge in [0, 0.05) is 22.2 Å². The minimum Gasteiger partial charge on any atom is -0.435 e. The van der Waals surface area contributed by atoms with E-state index < -0.39 is 12.4 Å². The van der Waals surface area contributed by atoms with Crippen molar-refractivity contribution in [1.82, 2.24) is 0 Å². The number of ether oxygens (including phenoxy) is 1. The normalized spacial score (nSPS) is 10.9. The average molecular weight is 342 g/mol. The molecule has 2 rings (SSSR count). The molecule has 0 heterocycles. The first-order valence-corrected chi connectivity index (χ1v) is 6.41. The lowest BCUT2D eigenvalue weighted by Gasteiger charge is -2.11. The predicted octanol–water partition coefficient (Wildman–Crippen LogP) is 6.05. The van der Waals surface area contributed by atoms with Crippen LogP contribution < -0.4 is 4.74 Å². The molecular formula is C13H6Cl3F3O. The highest BCUT2D eigenvalue weighted by Gasteiger charge is 2.15. The fraction of sp³-hybridized carbons (Fsp3) is 0.0769. The SMILES string of the molecule is Fc1cc(OC(F)F)ccc1-c1c(Cl)cc(Cl)cc1Cl. The van der Waals surface area contributed by atoms with E-state index >= 15 is 0 Å². The lowest BCUT2D eigenvalue weighted by atomic mass is 10.0. The van der Waals surface area contributed by atoms with Gasteiger partial charge in [0.25, 0.3) is 0 Å². The van der Waals surface area contributed by atoms with Crippen molar-refractivity contribution in [1.29, 1.82) is 0 Å². The highest BCUT2D eigenvalue weighted by atomic mass is 35.5. The van der Waals surface area contributed by atoms with Gasteiger partial charge in [-0.1, -0.05) is 34.8 Å². The number of alkyl halides is 2. The Labute approximate surface area is 127 Å². The first kappa shape index (κ1) is 15.3. The molecule has 2 aromatic rings. The third-order valence-corrected chi connectivity index (χ3v) is 3.26. The van der Waals surface area contributed by atoms with Crippen LogP contribution in [-0.2, 0) is 0 Å². The standard InChI is InChI=1S/C13H6Cl3F3O/c14-6-3-9(15)12(10(16)4-6)8-2-1-7(5-11(8)17)20-13(18)19/h1-5,13H. The van der Waals surface area contributed by atoms with Gasteiger partial charge in [-0.05, 0) is 24.3 Å². The number of halogens is 6. The summed E-state index contributed by atoms with van der Waals surface area (Å²) >= 11 is 17.7. The topological polar surface area (TPSA) is 9.23 Å². The lowest BCUT2D eigenvalue weighted by molar-refractivity contribution is -0.0499. The zero-order chi connectivity index (χ0) is 14.9. The zero-order valence-electron chi connectivity index (χ0n) is 9.64. The first-order chi connectivity index (χ1) is 9.38. The van der Waals surface area contributed by atoms with Crippen molar-refractivity contribution in [3.05, 3.63) is 51.2 Å². The summed E-state index contributed by atoms with van der Waals surface area (Å²) in [5.74, 6) is -1.07. The van der Waals surface area contributed by atoms with Crippen molar-refractivity contribution in [3.63, 3.8) is 0 Å². The molecule has 0 unspecified atom stereocenters. The second-order valence-corrected chi connectivity index (χ2v) is 5.02. The smallest absolute Gasteiger partial charge is 0.387 e. The van der Waals surface area contributed by atoms with E-state index in [-0.39, 0.29) is 26.9 Å². The molecule has 0 atom stereocenters. The summed E-state index contributed by atoms with van der Waals surface area (Å²) < 4.78 is 42.2. The summed E-state index contributed by atoms with van der Waals surface area (Å²) in [5.41, 5.74) is 0.303. The minimum atomic E-state index is -3.03. The quantitative estimate of drug-likeness (QED) is 0.660. The molecular weight excluding hydrogens is 335 g/mol. The van der Waals surface area contributed by atoms with Gasteiger partial charge in [0.2, 0.25) is 0 Å². The third-order valence-electron chi connectivity index (χ3n) is 2.44. The van der Waals surface area contributed by atoms with Crippen LogP contribution in [0.15, 0.2) is 30.3 Å². The van der Waals surface area contributed by atoms with Crippen LogP contribution in [0.4, 0.5) is 13.2 Å². The Kier molecular flexibility index (Phi) is 4.68. The largest absolute Gasteiger partial charge is 0.435 e. The Hall–Kier alpha value is -1.10. The Morgan fingerprint density at radius 1 is 0.950 bits per heavy atom. The fourth-order valence-corrected chi connectivity index (χ4v) is 2.69. The molecule has 0 saturated carbocycles. The number of hydrogen-bond donors (Lipinski definition) is 0. The third kappa shape index (κ3) is 3.32. The molecule has 0 aliphatic rings. The van der Waals surface area contributed by atoms with E-state index in [1.54, 1.807) is 0 Å². The molecule has 0 amide bonds. The zero-order valence-corrected chi connectivity index (χ0v) is 11.9. The molecule has 2 aromatic carbocycles. The number of rotatable bonds is 3. The molecule has 0 aliphatic carbocycles. The Morgan fingerprint density at radius 2 is 1.55 bits per heavy atom. The van der Waals surface area contributed by atoms with Gasteiger partial charge in [0.15, 0.2) is 0 Å². The molecule has 0 N–H and O–H groups in total. The Bertz CT molecular complexity index is 624. The van der Waals surface area contributed by atoms with Crippen LogP contribution in [-0.4, -0.2) is 6.61 Å². The van der Waals surface area contributed by atoms with Gasteiger partial charge in [-0.25, -0.2) is 4.39 Å². The predicted molar refractivity (Wildman–Crippen MR) is 73.5 cm³/mol. The molecule has 0 aromatic heterocycles. The van der Waals surface area contributed by atoms with E-state index in [0.29, 0.717) is 5.02 Å². The van der Waals surface area contributed by atoms with Gasteiger partial charge in [0.1, 0.15) is 11.6 Å². The van der Waals surface area contributed by atoms with Crippen LogP contribution in [0, 0.1) is 5.82 Å². The fourth-order valence-electron chi connectivity index (χ4n) is 1.67. The van der Waals surface area contributed by atoms with E-state index in [1.165, 1.54) is 24.3 Å². The van der Waals surface area contributed by atoms with E-state index in [9.17, 15) is 13.2 Å². The van der Waals surface area contributed by atoms with Crippen molar-refractivity contribution in [2.24, 2.45) is 0 Å². The van der Waals surface area contributed by atoms with Gasteiger partial charge < -0.3 is 4.74 Å². The summed E-state index contributed by atoms with van der Waals surface area (Å²) in [6.07, 6.45) is 0. The second-order valence-electron chi connectivity index (χ2n) is 3.76. The van der Waals surface area contributed by atoms with Crippen LogP contribution in [0.1, 0.15) is 0 Å². The maximum Gasteiger partial charge on any atom is 0.387 e. The van der Waals surface area contributed by atoms with E-state index in [1.807, 2.05) is 0 Å². The summed E-state index contributed by atoms with van der Waals surface area (Å²) in [4.78, 5) is 0. The van der Waals surface area contributed by atoms with Crippen molar-refractivity contribution >= 4 is 34.8 Å². The van der Waals surface area contributed by atoms with Gasteiger partial charge in [-0.15, -0.1) is 0 Å². The molecule has 20 heavy (non-hydrogen) atoms. The first-order valence-electron chi connectivity index (χ1n) is 5.27. The number of hydrogen-bond acceptors (Lipinski definition) is 1. The van der Waals surface area contributed by atoms with Gasteiger partial charge >= 0.3 is 6.61 Å². The maximum absolute atomic E-state index is 14.0. The molecule has 7 heteroatoms. The van der Waals surface area contributed by atoms with Crippen LogP contribution in [0.3, 0.4) is 0 Å². The van der Waals surface area contributed by atoms with E-state index in [2.05, 4.69) is 4.74 Å². The molecule has 0 fully saturated rings. The minimum absolute atomic E-state index is 0.0679. The van der Waals surface area contributed by atoms with Crippen LogP contribution >= 0.6 is 34.8 Å². The Morgan fingerprint density at radius 3 is 2.05 bits per heavy atom. The molecule has 0 radical (unpaired) electrons. The summed E-state index contributed by atoms with van der Waals surface area (Å²) in [6, 6.07) is 6.11. The van der Waals surface area contributed by atoms with Crippen molar-refractivity contribution in [2.45, 2.75) is 6.61 Å². The molecule has 0 bridgehead atoms. The molecule has 1 nitrogen and oxygen atoms in total. The Balaban J connectivity index is 2.49. The van der Waals surface area contributed by atoms with Crippen molar-refractivity contribution < 1.29 is 17.9 Å². The van der Waals surface area contributed by atoms with Crippen LogP contribution in [0.5, 0.6) is 5.75 Å². The molecule has 0 saturated heterocycles. The molecule has 0 aliphatic heterocycles. The summed E-state index contributed by atoms with van der Waals surface area (Å²) in [6.45, 7) is -3.03. The highest BCUT2D eigenvalue weighted by Crippen LogP contribution is 2.39.